The number of carboxylic acids is 1. The van der Waals surface area contributed by atoms with E-state index in [2.05, 4.69) is 110 Å². The van der Waals surface area contributed by atoms with Gasteiger partial charge in [0.15, 0.2) is 12.6 Å². The van der Waals surface area contributed by atoms with Crippen LogP contribution in [0.25, 0.3) is 43.1 Å². The van der Waals surface area contributed by atoms with Gasteiger partial charge in [0.25, 0.3) is 0 Å². The summed E-state index contributed by atoms with van der Waals surface area (Å²) in [5.41, 5.74) is 12.4. The van der Waals surface area contributed by atoms with Crippen molar-refractivity contribution in [3.63, 3.8) is 0 Å². The van der Waals surface area contributed by atoms with E-state index in [0.717, 1.165) is 87.3 Å². The van der Waals surface area contributed by atoms with Crippen LogP contribution in [0.15, 0.2) is 133 Å². The molecular formula is C54H51NO4S2. The Morgan fingerprint density at radius 1 is 0.525 bits per heavy atom. The number of benzene rings is 5. The van der Waals surface area contributed by atoms with E-state index in [1.807, 2.05) is 36.4 Å². The summed E-state index contributed by atoms with van der Waals surface area (Å²) in [5, 5.41) is 10.1. The van der Waals surface area contributed by atoms with Crippen LogP contribution in [0.3, 0.4) is 0 Å². The summed E-state index contributed by atoms with van der Waals surface area (Å²) in [7, 11) is 0. The number of hydrogen-bond acceptors (Lipinski definition) is 6. The van der Waals surface area contributed by atoms with Gasteiger partial charge in [0, 0.05) is 32.2 Å². The van der Waals surface area contributed by atoms with Crippen LogP contribution in [-0.4, -0.2) is 23.6 Å². The molecule has 7 heteroatoms. The predicted molar refractivity (Wildman–Crippen MR) is 255 cm³/mol. The topological polar surface area (TPSA) is 74.7 Å². The third kappa shape index (κ3) is 8.68. The van der Waals surface area contributed by atoms with E-state index < -0.39 is 5.97 Å². The van der Waals surface area contributed by atoms with Crippen LogP contribution in [0, 0.1) is 0 Å². The predicted octanol–water partition coefficient (Wildman–Crippen LogP) is 15.8. The molecule has 8 rings (SSSR count). The summed E-state index contributed by atoms with van der Waals surface area (Å²) in [6.07, 6.45) is 13.1. The number of anilines is 3. The first-order valence-corrected chi connectivity index (χ1v) is 23.2. The molecule has 61 heavy (non-hydrogen) atoms. The van der Waals surface area contributed by atoms with Gasteiger partial charge < -0.3 is 10.0 Å². The molecule has 0 bridgehead atoms. The van der Waals surface area contributed by atoms with Gasteiger partial charge in [0.2, 0.25) is 0 Å². The van der Waals surface area contributed by atoms with Crippen LogP contribution in [0.5, 0.6) is 0 Å². The minimum atomic E-state index is -0.877. The maximum absolute atomic E-state index is 12.3. The lowest BCUT2D eigenvalue weighted by molar-refractivity contribution is 0.0696. The molecule has 0 saturated heterocycles. The summed E-state index contributed by atoms with van der Waals surface area (Å²) in [5.74, 6) is -0.877. The van der Waals surface area contributed by atoms with Crippen molar-refractivity contribution in [2.75, 3.05) is 4.90 Å². The fourth-order valence-corrected chi connectivity index (χ4v) is 10.8. The minimum absolute atomic E-state index is 0.238. The number of aromatic carboxylic acids is 1. The van der Waals surface area contributed by atoms with E-state index in [-0.39, 0.29) is 5.41 Å². The number of rotatable bonds is 19. The summed E-state index contributed by atoms with van der Waals surface area (Å²) >= 11 is 2.97. The summed E-state index contributed by atoms with van der Waals surface area (Å²) in [6, 6.07) is 46.1. The Morgan fingerprint density at radius 2 is 0.967 bits per heavy atom. The lowest BCUT2D eigenvalue weighted by atomic mass is 9.70. The first kappa shape index (κ1) is 41.8. The highest BCUT2D eigenvalue weighted by molar-refractivity contribution is 7.17. The molecule has 308 valence electrons. The average Bonchev–Trinajstić information content (AvgIpc) is 4.05. The van der Waals surface area contributed by atoms with E-state index in [4.69, 9.17) is 0 Å². The van der Waals surface area contributed by atoms with E-state index in [1.165, 1.54) is 83.5 Å². The Morgan fingerprint density at radius 3 is 1.41 bits per heavy atom. The number of aldehydes is 2. The fourth-order valence-electron chi connectivity index (χ4n) is 9.12. The molecule has 0 spiro atoms. The third-order valence-electron chi connectivity index (χ3n) is 12.3. The molecule has 0 atom stereocenters. The number of thiophene rings is 2. The molecule has 1 aliphatic rings. The number of carbonyl (C=O) groups is 3. The summed E-state index contributed by atoms with van der Waals surface area (Å²) in [4.78, 5) is 40.9. The molecule has 0 amide bonds. The average molecular weight is 842 g/mol. The zero-order valence-electron chi connectivity index (χ0n) is 34.9. The van der Waals surface area contributed by atoms with Crippen molar-refractivity contribution in [2.45, 2.75) is 83.5 Å². The van der Waals surface area contributed by atoms with Crippen LogP contribution in [0.1, 0.15) is 119 Å². The fraction of sp³-hybridized carbons (Fsp3) is 0.241. The van der Waals surface area contributed by atoms with Gasteiger partial charge >= 0.3 is 5.97 Å². The number of carbonyl (C=O) groups excluding carboxylic acids is 2. The molecule has 0 saturated carbocycles. The molecule has 1 N–H and O–H groups in total. The molecule has 2 aromatic heterocycles. The van der Waals surface area contributed by atoms with E-state index in [1.54, 1.807) is 6.07 Å². The molecule has 0 radical (unpaired) electrons. The number of hydrogen-bond donors (Lipinski definition) is 1. The standard InChI is InChI=1S/C54H51NO4S2/c1-3-5-7-9-31-54(32-10-8-6-4-2)49-33-40(17-27-47(49)48-28-18-41(53(58)59)34-50(48)54)37-11-19-42(20-12-37)55(43-21-13-38(14-22-43)51-29-25-45(35-56)60-51)44-23-15-39(16-24-44)52-30-26-46(36-57)61-52/h11-30,33-36H,3-10,31-32H2,1-2H3,(H,58,59). The summed E-state index contributed by atoms with van der Waals surface area (Å²) in [6.45, 7) is 4.50. The Balaban J connectivity index is 1.17. The van der Waals surface area contributed by atoms with Crippen molar-refractivity contribution < 1.29 is 19.5 Å². The van der Waals surface area contributed by atoms with Gasteiger partial charge in [-0.25, -0.2) is 4.79 Å². The Bertz CT molecular complexity index is 2530. The van der Waals surface area contributed by atoms with Crippen molar-refractivity contribution in [1.29, 1.82) is 0 Å². The molecule has 1 aliphatic carbocycles. The molecule has 5 aromatic carbocycles. The maximum Gasteiger partial charge on any atom is 0.335 e. The Hall–Kier alpha value is -5.89. The van der Waals surface area contributed by atoms with Gasteiger partial charge in [-0.2, -0.15) is 0 Å². The zero-order chi connectivity index (χ0) is 42.3. The van der Waals surface area contributed by atoms with Gasteiger partial charge in [-0.05, 0) is 136 Å². The monoisotopic (exact) mass is 841 g/mol. The van der Waals surface area contributed by atoms with Crippen molar-refractivity contribution in [3.8, 4) is 43.1 Å². The SMILES string of the molecule is CCCCCCC1(CCCCCC)c2cc(C(=O)O)ccc2-c2ccc(-c3ccc(N(c4ccc(-c5ccc(C=O)s5)cc4)c4ccc(-c5ccc(C=O)s5)cc4)cc3)cc21. The lowest BCUT2D eigenvalue weighted by Crippen LogP contribution is -2.26. The quantitative estimate of drug-likeness (QED) is 0.0648. The van der Waals surface area contributed by atoms with E-state index in [9.17, 15) is 19.5 Å². The van der Waals surface area contributed by atoms with Crippen LogP contribution in [0.4, 0.5) is 17.1 Å². The van der Waals surface area contributed by atoms with Gasteiger partial charge in [-0.1, -0.05) is 120 Å². The highest BCUT2D eigenvalue weighted by Crippen LogP contribution is 2.55. The van der Waals surface area contributed by atoms with Gasteiger partial charge in [-0.15, -0.1) is 22.7 Å². The van der Waals surface area contributed by atoms with Crippen molar-refractivity contribution in [3.05, 3.63) is 160 Å². The van der Waals surface area contributed by atoms with E-state index >= 15 is 0 Å². The molecule has 2 heterocycles. The Labute approximate surface area is 367 Å². The first-order valence-electron chi connectivity index (χ1n) is 21.6. The number of carboxylic acid groups (broad SMARTS) is 1. The lowest BCUT2D eigenvalue weighted by Gasteiger charge is -2.33. The molecule has 0 fully saturated rings. The second kappa shape index (κ2) is 18.8. The molecule has 0 unspecified atom stereocenters. The normalized spacial score (nSPS) is 12.5. The summed E-state index contributed by atoms with van der Waals surface area (Å²) < 4.78 is 0. The highest BCUT2D eigenvalue weighted by atomic mass is 32.1. The van der Waals surface area contributed by atoms with Crippen LogP contribution in [-0.2, 0) is 5.41 Å². The van der Waals surface area contributed by atoms with E-state index in [0.29, 0.717) is 15.3 Å². The number of nitrogens with zero attached hydrogens (tertiary/aromatic N) is 1. The smallest absolute Gasteiger partial charge is 0.335 e. The first-order chi connectivity index (χ1) is 29.8. The van der Waals surface area contributed by atoms with Crippen LogP contribution >= 0.6 is 22.7 Å². The number of unbranched alkanes of at least 4 members (excludes halogenated alkanes) is 6. The second-order valence-electron chi connectivity index (χ2n) is 16.1. The highest BCUT2D eigenvalue weighted by Gasteiger charge is 2.43. The molecular weight excluding hydrogens is 791 g/mol. The third-order valence-corrected chi connectivity index (χ3v) is 14.4. The van der Waals surface area contributed by atoms with Crippen LogP contribution in [0.2, 0.25) is 0 Å². The molecule has 7 aromatic rings. The van der Waals surface area contributed by atoms with Crippen molar-refractivity contribution in [2.24, 2.45) is 0 Å². The van der Waals surface area contributed by atoms with Crippen molar-refractivity contribution >= 4 is 58.3 Å². The largest absolute Gasteiger partial charge is 0.478 e. The molecule has 5 nitrogen and oxygen atoms in total. The van der Waals surface area contributed by atoms with Gasteiger partial charge in [-0.3, -0.25) is 9.59 Å². The second-order valence-corrected chi connectivity index (χ2v) is 18.4. The zero-order valence-corrected chi connectivity index (χ0v) is 36.5. The minimum Gasteiger partial charge on any atom is -0.478 e. The van der Waals surface area contributed by atoms with Crippen LogP contribution < -0.4 is 4.90 Å². The Kier molecular flexibility index (Phi) is 12.9. The maximum atomic E-state index is 12.3. The van der Waals surface area contributed by atoms with Gasteiger partial charge in [0.05, 0.1) is 15.3 Å². The van der Waals surface area contributed by atoms with Gasteiger partial charge in [0.1, 0.15) is 0 Å². The number of fused-ring (bicyclic) bond motifs is 3. The molecule has 0 aliphatic heterocycles. The van der Waals surface area contributed by atoms with Crippen molar-refractivity contribution in [1.82, 2.24) is 0 Å².